The number of ether oxygens (including phenoxy) is 5. The zero-order valence-corrected chi connectivity index (χ0v) is 14.0. The minimum Gasteiger partial charge on any atom is -0.376 e. The van der Waals surface area contributed by atoms with Gasteiger partial charge < -0.3 is 23.7 Å². The summed E-state index contributed by atoms with van der Waals surface area (Å²) in [4.78, 5) is 0. The van der Waals surface area contributed by atoms with Gasteiger partial charge in [-0.2, -0.15) is 0 Å². The molecule has 0 aliphatic carbocycles. The Hall–Kier alpha value is -1.24. The summed E-state index contributed by atoms with van der Waals surface area (Å²) in [6.45, 7) is 6.50. The van der Waals surface area contributed by atoms with Crippen LogP contribution in [0.5, 0.6) is 0 Å². The van der Waals surface area contributed by atoms with Crippen LogP contribution >= 0.6 is 0 Å². The quantitative estimate of drug-likeness (QED) is 0.688. The van der Waals surface area contributed by atoms with Crippen LogP contribution in [0.3, 0.4) is 0 Å². The van der Waals surface area contributed by atoms with Crippen molar-refractivity contribution in [3.05, 3.63) is 48.6 Å². The third kappa shape index (κ3) is 4.62. The molecule has 1 aromatic carbocycles. The molecule has 1 fully saturated rings. The van der Waals surface area contributed by atoms with E-state index in [0.29, 0.717) is 13.2 Å². The predicted octanol–water partition coefficient (Wildman–Crippen LogP) is 2.55. The first kappa shape index (κ1) is 18.1. The zero-order valence-electron chi connectivity index (χ0n) is 14.0. The molecule has 1 aliphatic heterocycles. The number of rotatable bonds is 8. The van der Waals surface area contributed by atoms with Crippen molar-refractivity contribution in [1.82, 2.24) is 0 Å². The van der Waals surface area contributed by atoms with Crippen LogP contribution in [0.25, 0.3) is 0 Å². The molecule has 128 valence electrons. The largest absolute Gasteiger partial charge is 0.376 e. The van der Waals surface area contributed by atoms with Crippen LogP contribution in [0.4, 0.5) is 0 Å². The van der Waals surface area contributed by atoms with E-state index in [1.807, 2.05) is 37.3 Å². The van der Waals surface area contributed by atoms with Gasteiger partial charge in [-0.1, -0.05) is 36.4 Å². The first-order valence-electron chi connectivity index (χ1n) is 7.80. The molecule has 0 aromatic heterocycles. The highest BCUT2D eigenvalue weighted by Gasteiger charge is 2.46. The molecule has 0 saturated carbocycles. The van der Waals surface area contributed by atoms with Gasteiger partial charge in [0.2, 0.25) is 0 Å². The molecular weight excluding hydrogens is 296 g/mol. The Morgan fingerprint density at radius 1 is 1.04 bits per heavy atom. The highest BCUT2D eigenvalue weighted by atomic mass is 16.7. The number of hydrogen-bond donors (Lipinski definition) is 0. The molecule has 1 aromatic rings. The standard InChI is InChI=1S/C18H26O5/c1-5-11-21-18-17(20-4)16(19-3)15(13(2)23-18)22-12-14-9-7-6-8-10-14/h5-10,13,15-18H,1,11-12H2,2-4H3/t13-,15+,16+,17-,18-/m1/s1. The lowest BCUT2D eigenvalue weighted by atomic mass is 9.99. The molecule has 2 rings (SSSR count). The summed E-state index contributed by atoms with van der Waals surface area (Å²) in [6.07, 6.45) is 0.118. The second-order valence-electron chi connectivity index (χ2n) is 5.49. The van der Waals surface area contributed by atoms with E-state index in [9.17, 15) is 0 Å². The lowest BCUT2D eigenvalue weighted by molar-refractivity contribution is -0.307. The van der Waals surface area contributed by atoms with E-state index in [2.05, 4.69) is 6.58 Å². The number of hydrogen-bond acceptors (Lipinski definition) is 5. The van der Waals surface area contributed by atoms with Crippen molar-refractivity contribution >= 4 is 0 Å². The van der Waals surface area contributed by atoms with Gasteiger partial charge in [0, 0.05) is 14.2 Å². The normalized spacial score (nSPS) is 31.0. The summed E-state index contributed by atoms with van der Waals surface area (Å²) in [5, 5.41) is 0. The Morgan fingerprint density at radius 2 is 1.74 bits per heavy atom. The summed E-state index contributed by atoms with van der Waals surface area (Å²) < 4.78 is 28.8. The van der Waals surface area contributed by atoms with Crippen molar-refractivity contribution in [2.75, 3.05) is 20.8 Å². The first-order chi connectivity index (χ1) is 11.2. The topological polar surface area (TPSA) is 46.2 Å². The predicted molar refractivity (Wildman–Crippen MR) is 87.1 cm³/mol. The number of benzene rings is 1. The van der Waals surface area contributed by atoms with Crippen LogP contribution in [-0.4, -0.2) is 51.5 Å². The van der Waals surface area contributed by atoms with Gasteiger partial charge in [0.25, 0.3) is 0 Å². The van der Waals surface area contributed by atoms with Gasteiger partial charge in [-0.15, -0.1) is 6.58 Å². The molecule has 0 spiro atoms. The van der Waals surface area contributed by atoms with Gasteiger partial charge >= 0.3 is 0 Å². The number of methoxy groups -OCH3 is 2. The van der Waals surface area contributed by atoms with Crippen molar-refractivity contribution in [2.24, 2.45) is 0 Å². The molecule has 0 bridgehead atoms. The molecule has 1 heterocycles. The van der Waals surface area contributed by atoms with Gasteiger partial charge in [-0.05, 0) is 12.5 Å². The van der Waals surface area contributed by atoms with Gasteiger partial charge in [-0.3, -0.25) is 0 Å². The molecule has 0 unspecified atom stereocenters. The van der Waals surface area contributed by atoms with E-state index in [1.54, 1.807) is 20.3 Å². The Balaban J connectivity index is 2.04. The fourth-order valence-electron chi connectivity index (χ4n) is 2.78. The summed E-state index contributed by atoms with van der Waals surface area (Å²) in [6, 6.07) is 10.0. The fourth-order valence-corrected chi connectivity index (χ4v) is 2.78. The highest BCUT2D eigenvalue weighted by Crippen LogP contribution is 2.28. The molecule has 23 heavy (non-hydrogen) atoms. The van der Waals surface area contributed by atoms with E-state index < -0.39 is 6.29 Å². The SMILES string of the molecule is C=CCO[C@@H]1O[C@H](C)[C@H](OCc2ccccc2)[C@H](OC)[C@H]1OC. The van der Waals surface area contributed by atoms with Gasteiger partial charge in [0.05, 0.1) is 19.3 Å². The van der Waals surface area contributed by atoms with Crippen molar-refractivity contribution < 1.29 is 23.7 Å². The molecule has 0 amide bonds. The van der Waals surface area contributed by atoms with Crippen LogP contribution in [0.2, 0.25) is 0 Å². The Kier molecular flexibility index (Phi) is 7.20. The van der Waals surface area contributed by atoms with E-state index >= 15 is 0 Å². The highest BCUT2D eigenvalue weighted by molar-refractivity contribution is 5.13. The molecule has 5 atom stereocenters. The lowest BCUT2D eigenvalue weighted by Gasteiger charge is -2.44. The molecular formula is C18H26O5. The molecule has 5 nitrogen and oxygen atoms in total. The van der Waals surface area contributed by atoms with Crippen LogP contribution in [-0.2, 0) is 30.3 Å². The van der Waals surface area contributed by atoms with Crippen molar-refractivity contribution in [3.63, 3.8) is 0 Å². The zero-order chi connectivity index (χ0) is 16.7. The minimum absolute atomic E-state index is 0.176. The first-order valence-corrected chi connectivity index (χ1v) is 7.80. The molecule has 0 N–H and O–H groups in total. The smallest absolute Gasteiger partial charge is 0.187 e. The summed E-state index contributed by atoms with van der Waals surface area (Å²) in [5.41, 5.74) is 1.11. The van der Waals surface area contributed by atoms with Gasteiger partial charge in [0.1, 0.15) is 18.3 Å². The Bertz CT molecular complexity index is 464. The van der Waals surface area contributed by atoms with Crippen LogP contribution < -0.4 is 0 Å². The Labute approximate surface area is 138 Å². The van der Waals surface area contributed by atoms with E-state index in [-0.39, 0.29) is 24.4 Å². The maximum atomic E-state index is 6.06. The van der Waals surface area contributed by atoms with Crippen molar-refractivity contribution in [1.29, 1.82) is 0 Å². The van der Waals surface area contributed by atoms with Gasteiger partial charge in [0.15, 0.2) is 6.29 Å². The average Bonchev–Trinajstić information content (AvgIpc) is 2.59. The lowest BCUT2D eigenvalue weighted by Crippen LogP contribution is -2.59. The van der Waals surface area contributed by atoms with Crippen LogP contribution in [0.1, 0.15) is 12.5 Å². The van der Waals surface area contributed by atoms with Gasteiger partial charge in [-0.25, -0.2) is 0 Å². The molecule has 1 saturated heterocycles. The fraction of sp³-hybridized carbons (Fsp3) is 0.556. The van der Waals surface area contributed by atoms with Crippen LogP contribution in [0, 0.1) is 0 Å². The second kappa shape index (κ2) is 9.15. The third-order valence-corrected chi connectivity index (χ3v) is 3.94. The summed E-state index contributed by atoms with van der Waals surface area (Å²) in [7, 11) is 3.27. The van der Waals surface area contributed by atoms with E-state index in [4.69, 9.17) is 23.7 Å². The summed E-state index contributed by atoms with van der Waals surface area (Å²) in [5.74, 6) is 0. The van der Waals surface area contributed by atoms with E-state index in [0.717, 1.165) is 5.56 Å². The van der Waals surface area contributed by atoms with Crippen molar-refractivity contribution in [3.8, 4) is 0 Å². The maximum Gasteiger partial charge on any atom is 0.187 e. The molecule has 0 radical (unpaired) electrons. The minimum atomic E-state index is -0.505. The second-order valence-corrected chi connectivity index (χ2v) is 5.49. The monoisotopic (exact) mass is 322 g/mol. The molecule has 5 heteroatoms. The third-order valence-electron chi connectivity index (χ3n) is 3.94. The van der Waals surface area contributed by atoms with Crippen LogP contribution in [0.15, 0.2) is 43.0 Å². The Morgan fingerprint density at radius 3 is 2.35 bits per heavy atom. The average molecular weight is 322 g/mol. The molecule has 1 aliphatic rings. The van der Waals surface area contributed by atoms with Crippen molar-refractivity contribution in [2.45, 2.75) is 44.2 Å². The van der Waals surface area contributed by atoms with E-state index in [1.165, 1.54) is 0 Å². The maximum absolute atomic E-state index is 6.06. The summed E-state index contributed by atoms with van der Waals surface area (Å²) >= 11 is 0.